The van der Waals surface area contributed by atoms with Gasteiger partial charge in [-0.1, -0.05) is 24.3 Å². The number of hydrogen-bond donors (Lipinski definition) is 0. The second-order valence-corrected chi connectivity index (χ2v) is 3.71. The minimum Gasteiger partial charge on any atom is -0.463 e. The van der Waals surface area contributed by atoms with Gasteiger partial charge in [-0.05, 0) is 31.1 Å². The van der Waals surface area contributed by atoms with E-state index in [1.807, 2.05) is 24.3 Å². The maximum atomic E-state index is 11.1. The van der Waals surface area contributed by atoms with Crippen molar-refractivity contribution in [2.45, 2.75) is 20.3 Å². The first-order chi connectivity index (χ1) is 8.11. The zero-order chi connectivity index (χ0) is 12.7. The maximum Gasteiger partial charge on any atom is 0.330 e. The Labute approximate surface area is 101 Å². The Hall–Kier alpha value is -1.90. The van der Waals surface area contributed by atoms with Crippen molar-refractivity contribution in [3.8, 4) is 0 Å². The van der Waals surface area contributed by atoms with Crippen molar-refractivity contribution in [2.75, 3.05) is 6.61 Å². The molecule has 0 atom stereocenters. The van der Waals surface area contributed by atoms with Crippen LogP contribution in [0.3, 0.4) is 0 Å². The molecule has 0 spiro atoms. The van der Waals surface area contributed by atoms with Crippen LogP contribution in [0.2, 0.25) is 0 Å². The van der Waals surface area contributed by atoms with Gasteiger partial charge in [-0.25, -0.2) is 4.79 Å². The molecule has 0 radical (unpaired) electrons. The van der Waals surface area contributed by atoms with E-state index in [1.165, 1.54) is 6.08 Å². The molecule has 0 aliphatic carbocycles. The molecule has 0 aliphatic rings. The maximum absolute atomic E-state index is 11.1. The third kappa shape index (κ3) is 5.11. The molecule has 0 aliphatic heterocycles. The number of esters is 1. The van der Waals surface area contributed by atoms with Crippen LogP contribution in [0.5, 0.6) is 0 Å². The molecule has 0 fully saturated rings. The smallest absolute Gasteiger partial charge is 0.330 e. The zero-order valence-electron chi connectivity index (χ0n) is 10.1. The number of hydrogen-bond acceptors (Lipinski definition) is 3. The van der Waals surface area contributed by atoms with Gasteiger partial charge in [-0.2, -0.15) is 0 Å². The molecule has 0 aromatic heterocycles. The summed E-state index contributed by atoms with van der Waals surface area (Å²) in [6.07, 6.45) is 3.49. The van der Waals surface area contributed by atoms with Gasteiger partial charge >= 0.3 is 5.97 Å². The van der Waals surface area contributed by atoms with Crippen LogP contribution in [0.4, 0.5) is 0 Å². The van der Waals surface area contributed by atoms with Crippen molar-refractivity contribution >= 4 is 17.8 Å². The Morgan fingerprint density at radius 2 is 2.12 bits per heavy atom. The molecule has 0 saturated carbocycles. The van der Waals surface area contributed by atoms with Crippen LogP contribution < -0.4 is 0 Å². The number of ether oxygens (including phenoxy) is 1. The highest BCUT2D eigenvalue weighted by Crippen LogP contribution is 2.08. The molecule has 1 rings (SSSR count). The van der Waals surface area contributed by atoms with Crippen molar-refractivity contribution < 1.29 is 14.3 Å². The lowest BCUT2D eigenvalue weighted by Crippen LogP contribution is -1.99. The molecule has 0 heterocycles. The van der Waals surface area contributed by atoms with E-state index < -0.39 is 0 Å². The second-order valence-electron chi connectivity index (χ2n) is 3.71. The van der Waals surface area contributed by atoms with Gasteiger partial charge in [0.1, 0.15) is 5.78 Å². The van der Waals surface area contributed by atoms with E-state index in [2.05, 4.69) is 0 Å². The van der Waals surface area contributed by atoms with Crippen LogP contribution in [0, 0.1) is 0 Å². The Morgan fingerprint density at radius 1 is 1.35 bits per heavy atom. The average molecular weight is 232 g/mol. The lowest BCUT2D eigenvalue weighted by molar-refractivity contribution is -0.137. The zero-order valence-corrected chi connectivity index (χ0v) is 10.1. The van der Waals surface area contributed by atoms with Gasteiger partial charge in [0, 0.05) is 12.5 Å². The number of carbonyl (C=O) groups excluding carboxylic acids is 2. The molecule has 0 bridgehead atoms. The highest BCUT2D eigenvalue weighted by atomic mass is 16.5. The lowest BCUT2D eigenvalue weighted by Gasteiger charge is -2.00. The highest BCUT2D eigenvalue weighted by molar-refractivity contribution is 5.87. The first-order valence-corrected chi connectivity index (χ1v) is 5.55. The van der Waals surface area contributed by atoms with Crippen LogP contribution in [-0.2, 0) is 20.7 Å². The summed E-state index contributed by atoms with van der Waals surface area (Å²) in [5.74, 6) is -0.235. The predicted octanol–water partition coefficient (Wildman–Crippen LogP) is 2.39. The third-order valence-corrected chi connectivity index (χ3v) is 2.10. The first-order valence-electron chi connectivity index (χ1n) is 5.55. The van der Waals surface area contributed by atoms with Crippen LogP contribution in [0.15, 0.2) is 30.3 Å². The largest absolute Gasteiger partial charge is 0.463 e. The second kappa shape index (κ2) is 6.63. The highest BCUT2D eigenvalue weighted by Gasteiger charge is 1.98. The van der Waals surface area contributed by atoms with E-state index in [0.29, 0.717) is 13.0 Å². The van der Waals surface area contributed by atoms with Gasteiger partial charge in [-0.15, -0.1) is 0 Å². The molecule has 0 saturated heterocycles. The molecule has 3 heteroatoms. The molecular weight excluding hydrogens is 216 g/mol. The molecule has 0 N–H and O–H groups in total. The van der Waals surface area contributed by atoms with Crippen LogP contribution in [0.25, 0.3) is 6.08 Å². The normalized spacial score (nSPS) is 10.5. The fraction of sp³-hybridized carbons (Fsp3) is 0.286. The molecule has 90 valence electrons. The molecule has 1 aromatic rings. The summed E-state index contributed by atoms with van der Waals surface area (Å²) < 4.78 is 4.78. The summed E-state index contributed by atoms with van der Waals surface area (Å²) in [5, 5.41) is 0. The molecule has 17 heavy (non-hydrogen) atoms. The molecular formula is C14H16O3. The Bertz CT molecular complexity index is 433. The first kappa shape index (κ1) is 13.2. The molecule has 1 aromatic carbocycles. The minimum atomic E-state index is -0.357. The summed E-state index contributed by atoms with van der Waals surface area (Å²) in [5.41, 5.74) is 1.83. The van der Waals surface area contributed by atoms with Crippen LogP contribution in [-0.4, -0.2) is 18.4 Å². The Morgan fingerprint density at radius 3 is 2.76 bits per heavy atom. The van der Waals surface area contributed by atoms with Crippen molar-refractivity contribution in [1.82, 2.24) is 0 Å². The average Bonchev–Trinajstić information content (AvgIpc) is 2.26. The number of benzene rings is 1. The lowest BCUT2D eigenvalue weighted by atomic mass is 10.1. The van der Waals surface area contributed by atoms with Gasteiger partial charge in [0.25, 0.3) is 0 Å². The number of rotatable bonds is 5. The van der Waals surface area contributed by atoms with Gasteiger partial charge in [0.05, 0.1) is 6.61 Å². The summed E-state index contributed by atoms with van der Waals surface area (Å²) in [6.45, 7) is 3.69. The van der Waals surface area contributed by atoms with Gasteiger partial charge < -0.3 is 4.74 Å². The van der Waals surface area contributed by atoms with Crippen molar-refractivity contribution in [1.29, 1.82) is 0 Å². The molecule has 0 unspecified atom stereocenters. The fourth-order valence-corrected chi connectivity index (χ4v) is 1.45. The summed E-state index contributed by atoms with van der Waals surface area (Å²) in [7, 11) is 0. The number of ketones is 1. The number of Topliss-reactive ketones (excluding diaryl/α,β-unsaturated/α-hetero) is 1. The quantitative estimate of drug-likeness (QED) is 0.578. The van der Waals surface area contributed by atoms with Gasteiger partial charge in [0.15, 0.2) is 0 Å². The van der Waals surface area contributed by atoms with Crippen molar-refractivity contribution in [3.05, 3.63) is 41.5 Å². The van der Waals surface area contributed by atoms with E-state index in [-0.39, 0.29) is 11.8 Å². The third-order valence-electron chi connectivity index (χ3n) is 2.10. The Kier molecular flexibility index (Phi) is 5.14. The van der Waals surface area contributed by atoms with E-state index in [0.717, 1.165) is 11.1 Å². The summed E-state index contributed by atoms with van der Waals surface area (Å²) in [4.78, 5) is 22.1. The van der Waals surface area contributed by atoms with Crippen LogP contribution >= 0.6 is 0 Å². The van der Waals surface area contributed by atoms with Crippen molar-refractivity contribution in [2.24, 2.45) is 0 Å². The topological polar surface area (TPSA) is 43.4 Å². The summed E-state index contributed by atoms with van der Waals surface area (Å²) >= 11 is 0. The van der Waals surface area contributed by atoms with Gasteiger partial charge in [0.2, 0.25) is 0 Å². The van der Waals surface area contributed by atoms with Gasteiger partial charge in [-0.3, -0.25) is 4.79 Å². The SMILES string of the molecule is CCOC(=O)/C=C/c1cccc(CC(C)=O)c1. The minimum absolute atomic E-state index is 0.122. The van der Waals surface area contributed by atoms with E-state index >= 15 is 0 Å². The van der Waals surface area contributed by atoms with Crippen molar-refractivity contribution in [3.63, 3.8) is 0 Å². The molecule has 3 nitrogen and oxygen atoms in total. The number of carbonyl (C=O) groups is 2. The van der Waals surface area contributed by atoms with E-state index in [9.17, 15) is 9.59 Å². The fourth-order valence-electron chi connectivity index (χ4n) is 1.45. The van der Waals surface area contributed by atoms with E-state index in [4.69, 9.17) is 4.74 Å². The molecule has 0 amide bonds. The van der Waals surface area contributed by atoms with E-state index in [1.54, 1.807) is 19.9 Å². The monoisotopic (exact) mass is 232 g/mol. The van der Waals surface area contributed by atoms with Crippen LogP contribution in [0.1, 0.15) is 25.0 Å². The standard InChI is InChI=1S/C14H16O3/c1-3-17-14(16)8-7-12-5-4-6-13(10-12)9-11(2)15/h4-8,10H,3,9H2,1-2H3/b8-7+. The Balaban J connectivity index is 2.71. The predicted molar refractivity (Wildman–Crippen MR) is 66.5 cm³/mol. The summed E-state index contributed by atoms with van der Waals surface area (Å²) in [6, 6.07) is 7.52.